The number of carbonyl (C=O) groups excluding carboxylic acids is 2. The third-order valence-corrected chi connectivity index (χ3v) is 5.31. The van der Waals surface area contributed by atoms with Gasteiger partial charge in [0.2, 0.25) is 5.95 Å². The van der Waals surface area contributed by atoms with Crippen molar-refractivity contribution in [2.45, 2.75) is 13.3 Å². The van der Waals surface area contributed by atoms with E-state index >= 15 is 0 Å². The Hall–Kier alpha value is -3.42. The Bertz CT molecular complexity index is 950. The van der Waals surface area contributed by atoms with E-state index in [9.17, 15) is 9.59 Å². The summed E-state index contributed by atoms with van der Waals surface area (Å²) < 4.78 is 5.63. The summed E-state index contributed by atoms with van der Waals surface area (Å²) in [5, 5.41) is 0. The van der Waals surface area contributed by atoms with E-state index < -0.39 is 0 Å². The molecule has 0 aliphatic carbocycles. The minimum Gasteiger partial charge on any atom is -0.494 e. The number of benzene rings is 1. The fourth-order valence-corrected chi connectivity index (χ4v) is 3.70. The van der Waals surface area contributed by atoms with Crippen molar-refractivity contribution in [3.8, 4) is 5.75 Å². The van der Waals surface area contributed by atoms with Crippen molar-refractivity contribution in [2.75, 3.05) is 44.7 Å². The second-order valence-electron chi connectivity index (χ2n) is 7.29. The molecular formula is C22H25N5O3. The second kappa shape index (κ2) is 8.52. The number of anilines is 1. The predicted octanol–water partition coefficient (Wildman–Crippen LogP) is 1.80. The molecule has 2 aliphatic heterocycles. The Labute approximate surface area is 175 Å². The van der Waals surface area contributed by atoms with Crippen LogP contribution in [-0.2, 0) is 9.59 Å². The van der Waals surface area contributed by atoms with Gasteiger partial charge in [-0.3, -0.25) is 14.5 Å². The largest absolute Gasteiger partial charge is 0.494 e. The van der Waals surface area contributed by atoms with E-state index in [0.29, 0.717) is 50.0 Å². The van der Waals surface area contributed by atoms with Crippen LogP contribution >= 0.6 is 0 Å². The van der Waals surface area contributed by atoms with Crippen molar-refractivity contribution >= 4 is 23.3 Å². The number of amides is 2. The van der Waals surface area contributed by atoms with Gasteiger partial charge in [-0.2, -0.15) is 0 Å². The zero-order valence-electron chi connectivity index (χ0n) is 17.2. The Morgan fingerprint density at radius 2 is 1.57 bits per heavy atom. The molecule has 0 N–H and O–H groups in total. The summed E-state index contributed by atoms with van der Waals surface area (Å²) in [6.07, 6.45) is 4.36. The first-order chi connectivity index (χ1) is 14.6. The molecule has 2 aromatic rings. The number of hydrogen-bond acceptors (Lipinski definition) is 7. The van der Waals surface area contributed by atoms with Gasteiger partial charge in [-0.15, -0.1) is 0 Å². The van der Waals surface area contributed by atoms with Crippen molar-refractivity contribution in [3.05, 3.63) is 54.0 Å². The molecule has 0 radical (unpaired) electrons. The summed E-state index contributed by atoms with van der Waals surface area (Å²) in [6, 6.07) is 9.16. The first-order valence-electron chi connectivity index (χ1n) is 10.2. The summed E-state index contributed by atoms with van der Waals surface area (Å²) in [6.45, 7) is 5.27. The lowest BCUT2D eigenvalue weighted by atomic mass is 10.0. The highest BCUT2D eigenvalue weighted by Crippen LogP contribution is 2.32. The molecule has 156 valence electrons. The Balaban J connectivity index is 1.58. The highest BCUT2D eigenvalue weighted by atomic mass is 16.5. The Morgan fingerprint density at radius 3 is 2.20 bits per heavy atom. The quantitative estimate of drug-likeness (QED) is 0.676. The summed E-state index contributed by atoms with van der Waals surface area (Å²) in [7, 11) is 1.53. The van der Waals surface area contributed by atoms with Gasteiger partial charge in [0.05, 0.1) is 12.2 Å². The van der Waals surface area contributed by atoms with Crippen molar-refractivity contribution in [1.82, 2.24) is 19.8 Å². The van der Waals surface area contributed by atoms with Gasteiger partial charge in [-0.1, -0.05) is 19.1 Å². The number of ether oxygens (including phenoxy) is 1. The summed E-state index contributed by atoms with van der Waals surface area (Å²) >= 11 is 0. The molecule has 1 aromatic carbocycles. The third-order valence-electron chi connectivity index (χ3n) is 5.31. The van der Waals surface area contributed by atoms with Crippen LogP contribution in [0.25, 0.3) is 5.57 Å². The van der Waals surface area contributed by atoms with Crippen molar-refractivity contribution in [3.63, 3.8) is 0 Å². The van der Waals surface area contributed by atoms with Crippen LogP contribution in [0, 0.1) is 0 Å². The van der Waals surface area contributed by atoms with Crippen LogP contribution in [0.2, 0.25) is 0 Å². The molecule has 0 saturated carbocycles. The number of rotatable bonds is 6. The van der Waals surface area contributed by atoms with Gasteiger partial charge < -0.3 is 14.5 Å². The molecule has 0 unspecified atom stereocenters. The van der Waals surface area contributed by atoms with E-state index in [1.807, 2.05) is 36.1 Å². The van der Waals surface area contributed by atoms with Crippen LogP contribution in [-0.4, -0.2) is 71.4 Å². The molecule has 0 bridgehead atoms. The molecule has 1 aromatic heterocycles. The number of aromatic nitrogens is 2. The van der Waals surface area contributed by atoms with Gasteiger partial charge in [0.25, 0.3) is 11.8 Å². The molecule has 3 heterocycles. The van der Waals surface area contributed by atoms with E-state index in [4.69, 9.17) is 4.74 Å². The molecule has 1 saturated heterocycles. The molecule has 30 heavy (non-hydrogen) atoms. The molecule has 8 nitrogen and oxygen atoms in total. The lowest BCUT2D eigenvalue weighted by Crippen LogP contribution is -2.48. The van der Waals surface area contributed by atoms with Crippen LogP contribution in [0.4, 0.5) is 5.95 Å². The van der Waals surface area contributed by atoms with E-state index in [2.05, 4.69) is 14.9 Å². The van der Waals surface area contributed by atoms with Gasteiger partial charge in [0, 0.05) is 45.6 Å². The number of carbonyl (C=O) groups is 2. The molecule has 1 fully saturated rings. The summed E-state index contributed by atoms with van der Waals surface area (Å²) in [5.41, 5.74) is 1.65. The van der Waals surface area contributed by atoms with Crippen LogP contribution in [0.5, 0.6) is 5.75 Å². The van der Waals surface area contributed by atoms with E-state index in [-0.39, 0.29) is 11.8 Å². The van der Waals surface area contributed by atoms with Crippen LogP contribution in [0.1, 0.15) is 18.9 Å². The average Bonchev–Trinajstić information content (AvgIpc) is 3.02. The van der Waals surface area contributed by atoms with Gasteiger partial charge in [0.15, 0.2) is 0 Å². The number of hydrogen-bond donors (Lipinski definition) is 0. The minimum absolute atomic E-state index is 0.259. The fraction of sp³-hybridized carbons (Fsp3) is 0.364. The minimum atomic E-state index is -0.272. The standard InChI is InChI=1S/C22H25N5O3/c1-3-15-30-17-7-5-16(6-8-17)18-19(21(29)25(2)20(18)28)26-11-13-27(14-12-26)22-23-9-4-10-24-22/h4-10H,3,11-15H2,1-2H3. The van der Waals surface area contributed by atoms with Crippen LogP contribution < -0.4 is 9.64 Å². The zero-order chi connectivity index (χ0) is 21.1. The van der Waals surface area contributed by atoms with Gasteiger partial charge in [-0.25, -0.2) is 9.97 Å². The second-order valence-corrected chi connectivity index (χ2v) is 7.29. The Morgan fingerprint density at radius 1 is 0.933 bits per heavy atom. The van der Waals surface area contributed by atoms with Crippen molar-refractivity contribution in [1.29, 1.82) is 0 Å². The molecule has 8 heteroatoms. The number of likely N-dealkylation sites (N-methyl/N-ethyl adjacent to an activating group) is 1. The monoisotopic (exact) mass is 407 g/mol. The maximum absolute atomic E-state index is 12.9. The van der Waals surface area contributed by atoms with E-state index in [1.54, 1.807) is 18.5 Å². The maximum Gasteiger partial charge on any atom is 0.277 e. The maximum atomic E-state index is 12.9. The highest BCUT2D eigenvalue weighted by Gasteiger charge is 2.40. The first kappa shape index (κ1) is 19.9. The van der Waals surface area contributed by atoms with Gasteiger partial charge >= 0.3 is 0 Å². The topological polar surface area (TPSA) is 78.9 Å². The van der Waals surface area contributed by atoms with Crippen LogP contribution in [0.15, 0.2) is 48.4 Å². The summed E-state index contributed by atoms with van der Waals surface area (Å²) in [4.78, 5) is 39.6. The Kier molecular flexibility index (Phi) is 5.65. The molecule has 0 spiro atoms. The van der Waals surface area contributed by atoms with E-state index in [1.165, 1.54) is 11.9 Å². The molecular weight excluding hydrogens is 382 g/mol. The molecule has 2 aliphatic rings. The average molecular weight is 407 g/mol. The first-order valence-corrected chi connectivity index (χ1v) is 10.2. The third kappa shape index (κ3) is 3.72. The lowest BCUT2D eigenvalue weighted by molar-refractivity contribution is -0.135. The van der Waals surface area contributed by atoms with Crippen molar-refractivity contribution < 1.29 is 14.3 Å². The molecule has 4 rings (SSSR count). The SMILES string of the molecule is CCCOc1ccc(C2=C(N3CCN(c4ncccn4)CC3)C(=O)N(C)C2=O)cc1. The number of piperazine rings is 1. The van der Waals surface area contributed by atoms with Crippen LogP contribution in [0.3, 0.4) is 0 Å². The molecule has 0 atom stereocenters. The van der Waals surface area contributed by atoms with E-state index in [0.717, 1.165) is 17.7 Å². The molecule has 2 amide bonds. The summed E-state index contributed by atoms with van der Waals surface area (Å²) in [5.74, 6) is 0.904. The number of nitrogens with zero attached hydrogens (tertiary/aromatic N) is 5. The fourth-order valence-electron chi connectivity index (χ4n) is 3.70. The van der Waals surface area contributed by atoms with Gasteiger partial charge in [-0.05, 0) is 30.2 Å². The number of imide groups is 1. The normalized spacial score (nSPS) is 17.2. The smallest absolute Gasteiger partial charge is 0.277 e. The zero-order valence-corrected chi connectivity index (χ0v) is 17.2. The highest BCUT2D eigenvalue weighted by molar-refractivity contribution is 6.35. The van der Waals surface area contributed by atoms with Crippen molar-refractivity contribution in [2.24, 2.45) is 0 Å². The lowest BCUT2D eigenvalue weighted by Gasteiger charge is -2.36. The predicted molar refractivity (Wildman–Crippen MR) is 113 cm³/mol. The van der Waals surface area contributed by atoms with Gasteiger partial charge in [0.1, 0.15) is 11.4 Å².